The third-order valence-corrected chi connectivity index (χ3v) is 2.69. The van der Waals surface area contributed by atoms with Crippen LogP contribution in [0.5, 0.6) is 0 Å². The maximum Gasteiger partial charge on any atom is 0.345 e. The highest BCUT2D eigenvalue weighted by Gasteiger charge is 2.08. The predicted molar refractivity (Wildman–Crippen MR) is 53.4 cm³/mol. The molecule has 0 saturated carbocycles. The molecule has 68 valence electrons. The lowest BCUT2D eigenvalue weighted by atomic mass is 10.4. The third kappa shape index (κ3) is 2.23. The van der Waals surface area contributed by atoms with Crippen LogP contribution in [0.15, 0.2) is 12.1 Å². The molecular formula is C9H9NO2S. The third-order valence-electron chi connectivity index (χ3n) is 1.51. The minimum Gasteiger partial charge on any atom is -0.477 e. The molecule has 1 aromatic rings. The number of thiophene rings is 1. The van der Waals surface area contributed by atoms with E-state index in [1.54, 1.807) is 12.1 Å². The molecule has 1 aromatic heterocycles. The topological polar surface area (TPSA) is 40.5 Å². The number of terminal acetylenes is 1. The average molecular weight is 195 g/mol. The van der Waals surface area contributed by atoms with Crippen LogP contribution in [0.4, 0.5) is 5.00 Å². The van der Waals surface area contributed by atoms with Gasteiger partial charge in [0.1, 0.15) is 4.88 Å². The first-order valence-corrected chi connectivity index (χ1v) is 4.44. The Balaban J connectivity index is 2.80. The SMILES string of the molecule is C#CCN(C)c1ccc(C(=O)O)s1. The molecule has 0 amide bonds. The lowest BCUT2D eigenvalue weighted by Crippen LogP contribution is -2.15. The molecule has 0 aliphatic rings. The predicted octanol–water partition coefficient (Wildman–Crippen LogP) is 1.52. The standard InChI is InChI=1S/C9H9NO2S/c1-3-6-10(2)8-5-4-7(13-8)9(11)12/h1,4-5H,6H2,2H3,(H,11,12). The number of carbonyl (C=O) groups is 1. The Bertz CT molecular complexity index is 351. The van der Waals surface area contributed by atoms with Crippen LogP contribution < -0.4 is 4.90 Å². The van der Waals surface area contributed by atoms with Crippen molar-refractivity contribution in [3.05, 3.63) is 17.0 Å². The first kappa shape index (κ1) is 9.62. The average Bonchev–Trinajstić information content (AvgIpc) is 2.52. The second-order valence-corrected chi connectivity index (χ2v) is 3.57. The lowest BCUT2D eigenvalue weighted by molar-refractivity contribution is 0.0702. The number of nitrogens with zero attached hydrogens (tertiary/aromatic N) is 1. The Labute approximate surface area is 80.6 Å². The molecule has 0 saturated heterocycles. The Morgan fingerprint density at radius 2 is 2.46 bits per heavy atom. The summed E-state index contributed by atoms with van der Waals surface area (Å²) in [4.78, 5) is 12.7. The summed E-state index contributed by atoms with van der Waals surface area (Å²) in [6.45, 7) is 0.486. The van der Waals surface area contributed by atoms with E-state index < -0.39 is 5.97 Å². The summed E-state index contributed by atoms with van der Waals surface area (Å²) in [6.07, 6.45) is 5.13. The maximum atomic E-state index is 10.5. The fraction of sp³-hybridized carbons (Fsp3) is 0.222. The van der Waals surface area contributed by atoms with Gasteiger partial charge in [-0.2, -0.15) is 0 Å². The van der Waals surface area contributed by atoms with E-state index >= 15 is 0 Å². The van der Waals surface area contributed by atoms with Crippen LogP contribution in [0.25, 0.3) is 0 Å². The highest BCUT2D eigenvalue weighted by molar-refractivity contribution is 7.17. The Kier molecular flexibility index (Phi) is 2.93. The van der Waals surface area contributed by atoms with Crippen LogP contribution in [-0.2, 0) is 0 Å². The van der Waals surface area contributed by atoms with E-state index in [1.165, 1.54) is 11.3 Å². The van der Waals surface area contributed by atoms with Crippen molar-refractivity contribution in [3.63, 3.8) is 0 Å². The molecular weight excluding hydrogens is 186 g/mol. The van der Waals surface area contributed by atoms with E-state index in [0.29, 0.717) is 11.4 Å². The number of anilines is 1. The first-order chi connectivity index (χ1) is 6.15. The first-order valence-electron chi connectivity index (χ1n) is 3.63. The van der Waals surface area contributed by atoms with Gasteiger partial charge in [0, 0.05) is 7.05 Å². The van der Waals surface area contributed by atoms with Crippen LogP contribution in [0.3, 0.4) is 0 Å². The molecule has 0 aliphatic heterocycles. The lowest BCUT2D eigenvalue weighted by Gasteiger charge is -2.11. The molecule has 13 heavy (non-hydrogen) atoms. The molecule has 1 rings (SSSR count). The fourth-order valence-electron chi connectivity index (χ4n) is 0.863. The van der Waals surface area contributed by atoms with E-state index in [-0.39, 0.29) is 0 Å². The quantitative estimate of drug-likeness (QED) is 0.743. The van der Waals surface area contributed by atoms with Gasteiger partial charge < -0.3 is 10.0 Å². The number of rotatable bonds is 3. The van der Waals surface area contributed by atoms with Crippen LogP contribution in [0.2, 0.25) is 0 Å². The molecule has 0 radical (unpaired) electrons. The summed E-state index contributed by atoms with van der Waals surface area (Å²) in [5, 5.41) is 9.53. The normalized spacial score (nSPS) is 9.23. The van der Waals surface area contributed by atoms with Crippen molar-refractivity contribution in [2.24, 2.45) is 0 Å². The Hall–Kier alpha value is -1.47. The van der Waals surface area contributed by atoms with Crippen molar-refractivity contribution in [1.29, 1.82) is 0 Å². The van der Waals surface area contributed by atoms with E-state index in [1.807, 2.05) is 11.9 Å². The molecule has 0 bridgehead atoms. The molecule has 0 unspecified atom stereocenters. The van der Waals surface area contributed by atoms with Gasteiger partial charge in [-0.1, -0.05) is 5.92 Å². The van der Waals surface area contributed by atoms with Crippen LogP contribution in [0.1, 0.15) is 9.67 Å². The van der Waals surface area contributed by atoms with Crippen molar-refractivity contribution < 1.29 is 9.90 Å². The van der Waals surface area contributed by atoms with Crippen LogP contribution >= 0.6 is 11.3 Å². The van der Waals surface area contributed by atoms with Gasteiger partial charge in [0.2, 0.25) is 0 Å². The largest absolute Gasteiger partial charge is 0.477 e. The fourth-order valence-corrected chi connectivity index (χ4v) is 1.67. The molecule has 0 aliphatic carbocycles. The summed E-state index contributed by atoms with van der Waals surface area (Å²) in [5.74, 6) is 1.59. The molecule has 3 nitrogen and oxygen atoms in total. The minimum atomic E-state index is -0.898. The minimum absolute atomic E-state index is 0.332. The second kappa shape index (κ2) is 3.97. The molecule has 4 heteroatoms. The monoisotopic (exact) mass is 195 g/mol. The van der Waals surface area contributed by atoms with Gasteiger partial charge >= 0.3 is 5.97 Å². The molecule has 0 fully saturated rings. The van der Waals surface area contributed by atoms with Gasteiger partial charge in [-0.25, -0.2) is 4.79 Å². The van der Waals surface area contributed by atoms with Gasteiger partial charge in [0.05, 0.1) is 11.5 Å². The number of aromatic carboxylic acids is 1. The molecule has 1 N–H and O–H groups in total. The van der Waals surface area contributed by atoms with Crippen LogP contribution in [0, 0.1) is 12.3 Å². The van der Waals surface area contributed by atoms with E-state index in [2.05, 4.69) is 5.92 Å². The van der Waals surface area contributed by atoms with Crippen molar-refractivity contribution in [2.45, 2.75) is 0 Å². The number of hydrogen-bond acceptors (Lipinski definition) is 3. The molecule has 0 aromatic carbocycles. The van der Waals surface area contributed by atoms with E-state index in [0.717, 1.165) is 5.00 Å². The van der Waals surface area contributed by atoms with Crippen molar-refractivity contribution in [1.82, 2.24) is 0 Å². The number of carboxylic acid groups (broad SMARTS) is 1. The zero-order valence-electron chi connectivity index (χ0n) is 7.15. The molecule has 0 atom stereocenters. The van der Waals surface area contributed by atoms with Gasteiger partial charge in [-0.3, -0.25) is 0 Å². The van der Waals surface area contributed by atoms with E-state index in [9.17, 15) is 4.79 Å². The molecule has 0 spiro atoms. The Morgan fingerprint density at radius 1 is 1.77 bits per heavy atom. The second-order valence-electron chi connectivity index (χ2n) is 2.50. The van der Waals surface area contributed by atoms with Crippen molar-refractivity contribution >= 4 is 22.3 Å². The smallest absolute Gasteiger partial charge is 0.345 e. The van der Waals surface area contributed by atoms with Crippen molar-refractivity contribution in [2.75, 3.05) is 18.5 Å². The number of hydrogen-bond donors (Lipinski definition) is 1. The highest BCUT2D eigenvalue weighted by atomic mass is 32.1. The maximum absolute atomic E-state index is 10.5. The van der Waals surface area contributed by atoms with Crippen LogP contribution in [-0.4, -0.2) is 24.7 Å². The number of carboxylic acids is 1. The highest BCUT2D eigenvalue weighted by Crippen LogP contribution is 2.24. The van der Waals surface area contributed by atoms with Gasteiger partial charge in [-0.15, -0.1) is 17.8 Å². The summed E-state index contributed by atoms with van der Waals surface area (Å²) < 4.78 is 0. The summed E-state index contributed by atoms with van der Waals surface area (Å²) in [5.41, 5.74) is 0. The van der Waals surface area contributed by atoms with Gasteiger partial charge in [0.25, 0.3) is 0 Å². The zero-order valence-corrected chi connectivity index (χ0v) is 7.97. The van der Waals surface area contributed by atoms with Crippen molar-refractivity contribution in [3.8, 4) is 12.3 Å². The summed E-state index contributed by atoms with van der Waals surface area (Å²) in [6, 6.07) is 3.33. The van der Waals surface area contributed by atoms with E-state index in [4.69, 9.17) is 11.5 Å². The Morgan fingerprint density at radius 3 is 2.92 bits per heavy atom. The molecule has 1 heterocycles. The van der Waals surface area contributed by atoms with Gasteiger partial charge in [0.15, 0.2) is 0 Å². The summed E-state index contributed by atoms with van der Waals surface area (Å²) in [7, 11) is 1.83. The van der Waals surface area contributed by atoms with Gasteiger partial charge in [-0.05, 0) is 12.1 Å². The summed E-state index contributed by atoms with van der Waals surface area (Å²) >= 11 is 1.22. The zero-order chi connectivity index (χ0) is 9.84.